The number of benzene rings is 2. The summed E-state index contributed by atoms with van der Waals surface area (Å²) in [5, 5.41) is 3.92. The number of hydrogen-bond acceptors (Lipinski definition) is 4. The molecule has 0 atom stereocenters. The molecule has 0 saturated heterocycles. The molecule has 4 heteroatoms. The molecule has 0 aliphatic carbocycles. The average Bonchev–Trinajstić information content (AvgIpc) is 3.04. The molecule has 0 fully saturated rings. The Hall–Kier alpha value is -3.14. The van der Waals surface area contributed by atoms with Gasteiger partial charge in [0.25, 0.3) is 0 Å². The maximum Gasteiger partial charge on any atom is 0.162 e. The lowest BCUT2D eigenvalue weighted by Crippen LogP contribution is -1.86. The van der Waals surface area contributed by atoms with Gasteiger partial charge in [-0.2, -0.15) is 0 Å². The molecule has 120 valence electrons. The van der Waals surface area contributed by atoms with Crippen LogP contribution in [0.25, 0.3) is 11.8 Å². The van der Waals surface area contributed by atoms with Gasteiger partial charge < -0.3 is 9.26 Å². The number of methoxy groups -OCH3 is 1. The molecule has 1 aromatic heterocycles. The topological polar surface area (TPSA) is 47.6 Å². The van der Waals surface area contributed by atoms with Crippen LogP contribution in [-0.2, 0) is 0 Å². The molecule has 0 aliphatic heterocycles. The second-order valence-corrected chi connectivity index (χ2v) is 5.30. The molecular formula is C20H18N2O2. The van der Waals surface area contributed by atoms with E-state index in [-0.39, 0.29) is 0 Å². The van der Waals surface area contributed by atoms with Crippen LogP contribution < -0.4 is 4.74 Å². The Kier molecular flexibility index (Phi) is 4.87. The fourth-order valence-corrected chi connectivity index (χ4v) is 2.22. The number of hydrogen-bond donors (Lipinski definition) is 0. The fraction of sp³-hybridized carbons (Fsp3) is 0.100. The SMILES string of the molecule is COc1ccc(C=N/C(=C\c2cc(C)no2)c2ccccc2)cc1. The van der Waals surface area contributed by atoms with Gasteiger partial charge in [0.2, 0.25) is 0 Å². The Balaban J connectivity index is 1.92. The maximum atomic E-state index is 5.28. The number of nitrogens with zero attached hydrogens (tertiary/aromatic N) is 2. The number of aryl methyl sites for hydroxylation is 1. The lowest BCUT2D eigenvalue weighted by atomic mass is 10.1. The molecular weight excluding hydrogens is 300 g/mol. The van der Waals surface area contributed by atoms with E-state index in [0.717, 1.165) is 28.3 Å². The number of rotatable bonds is 5. The van der Waals surface area contributed by atoms with Crippen LogP contribution in [0, 0.1) is 6.92 Å². The zero-order chi connectivity index (χ0) is 16.8. The molecule has 0 aliphatic rings. The summed E-state index contributed by atoms with van der Waals surface area (Å²) < 4.78 is 10.5. The Bertz CT molecular complexity index is 847. The highest BCUT2D eigenvalue weighted by molar-refractivity contribution is 5.89. The van der Waals surface area contributed by atoms with Gasteiger partial charge >= 0.3 is 0 Å². The molecule has 0 saturated carbocycles. The van der Waals surface area contributed by atoms with Crippen molar-refractivity contribution in [1.29, 1.82) is 0 Å². The van der Waals surface area contributed by atoms with Crippen molar-refractivity contribution in [2.75, 3.05) is 7.11 Å². The van der Waals surface area contributed by atoms with Crippen LogP contribution in [0.2, 0.25) is 0 Å². The van der Waals surface area contributed by atoms with E-state index in [1.165, 1.54) is 0 Å². The summed E-state index contributed by atoms with van der Waals surface area (Å²) in [6.45, 7) is 1.89. The van der Waals surface area contributed by atoms with Crippen LogP contribution in [0.5, 0.6) is 5.75 Å². The molecule has 0 spiro atoms. The van der Waals surface area contributed by atoms with Gasteiger partial charge in [-0.15, -0.1) is 0 Å². The van der Waals surface area contributed by atoms with Crippen molar-refractivity contribution >= 4 is 18.0 Å². The molecule has 4 nitrogen and oxygen atoms in total. The quantitative estimate of drug-likeness (QED) is 0.645. The molecule has 0 N–H and O–H groups in total. The van der Waals surface area contributed by atoms with Crippen LogP contribution in [0.4, 0.5) is 0 Å². The van der Waals surface area contributed by atoms with Crippen LogP contribution in [0.1, 0.15) is 22.6 Å². The van der Waals surface area contributed by atoms with Crippen LogP contribution in [0.3, 0.4) is 0 Å². The largest absolute Gasteiger partial charge is 0.497 e. The highest BCUT2D eigenvalue weighted by Gasteiger charge is 2.03. The van der Waals surface area contributed by atoms with Crippen LogP contribution in [0.15, 0.2) is 70.2 Å². The summed E-state index contributed by atoms with van der Waals surface area (Å²) in [7, 11) is 1.65. The van der Waals surface area contributed by atoms with Gasteiger partial charge in [-0.25, -0.2) is 0 Å². The summed E-state index contributed by atoms with van der Waals surface area (Å²) >= 11 is 0. The lowest BCUT2D eigenvalue weighted by molar-refractivity contribution is 0.408. The predicted molar refractivity (Wildman–Crippen MR) is 96.1 cm³/mol. The van der Waals surface area contributed by atoms with Crippen LogP contribution >= 0.6 is 0 Å². The van der Waals surface area contributed by atoms with Gasteiger partial charge in [0.15, 0.2) is 5.76 Å². The second kappa shape index (κ2) is 7.42. The smallest absolute Gasteiger partial charge is 0.162 e. The standard InChI is InChI=1S/C20H18N2O2/c1-15-12-19(24-22-15)13-20(17-6-4-3-5-7-17)21-14-16-8-10-18(23-2)11-9-16/h3-14H,1-2H3/b20-13-,21-14?. The first-order valence-electron chi connectivity index (χ1n) is 7.63. The Morgan fingerprint density at radius 3 is 2.46 bits per heavy atom. The molecule has 3 rings (SSSR count). The minimum atomic E-state index is 0.679. The molecule has 24 heavy (non-hydrogen) atoms. The number of aliphatic imine (C=N–C) groups is 1. The van der Waals surface area contributed by atoms with Crippen molar-refractivity contribution < 1.29 is 9.26 Å². The first-order valence-corrected chi connectivity index (χ1v) is 7.63. The van der Waals surface area contributed by atoms with Gasteiger partial charge in [-0.05, 0) is 36.8 Å². The molecule has 0 bridgehead atoms. The molecule has 0 amide bonds. The molecule has 1 heterocycles. The average molecular weight is 318 g/mol. The lowest BCUT2D eigenvalue weighted by Gasteiger charge is -2.02. The van der Waals surface area contributed by atoms with Gasteiger partial charge in [-0.1, -0.05) is 35.5 Å². The van der Waals surface area contributed by atoms with Crippen molar-refractivity contribution in [3.05, 3.63) is 83.2 Å². The van der Waals surface area contributed by atoms with E-state index in [0.29, 0.717) is 5.76 Å². The summed E-state index contributed by atoms with van der Waals surface area (Å²) in [6, 6.07) is 19.6. The Labute approximate surface area is 141 Å². The highest BCUT2D eigenvalue weighted by Crippen LogP contribution is 2.20. The molecule has 2 aromatic carbocycles. The molecule has 0 unspecified atom stereocenters. The van der Waals surface area contributed by atoms with Crippen molar-refractivity contribution in [2.45, 2.75) is 6.92 Å². The normalized spacial score (nSPS) is 11.8. The highest BCUT2D eigenvalue weighted by atomic mass is 16.5. The van der Waals surface area contributed by atoms with Crippen molar-refractivity contribution in [3.63, 3.8) is 0 Å². The van der Waals surface area contributed by atoms with Gasteiger partial charge in [0.05, 0.1) is 18.5 Å². The first-order chi connectivity index (χ1) is 11.7. The zero-order valence-corrected chi connectivity index (χ0v) is 13.6. The summed E-state index contributed by atoms with van der Waals surface area (Å²) in [4.78, 5) is 4.63. The van der Waals surface area contributed by atoms with E-state index in [2.05, 4.69) is 10.1 Å². The Morgan fingerprint density at radius 1 is 1.08 bits per heavy atom. The zero-order valence-electron chi connectivity index (χ0n) is 13.6. The van der Waals surface area contributed by atoms with E-state index < -0.39 is 0 Å². The molecule has 0 radical (unpaired) electrons. The third-order valence-corrected chi connectivity index (χ3v) is 3.46. The third-order valence-electron chi connectivity index (χ3n) is 3.46. The van der Waals surface area contributed by atoms with Gasteiger partial charge in [0.1, 0.15) is 5.75 Å². The number of ether oxygens (including phenoxy) is 1. The fourth-order valence-electron chi connectivity index (χ4n) is 2.22. The maximum absolute atomic E-state index is 5.28. The minimum Gasteiger partial charge on any atom is -0.497 e. The summed E-state index contributed by atoms with van der Waals surface area (Å²) in [6.07, 6.45) is 3.71. The minimum absolute atomic E-state index is 0.679. The van der Waals surface area contributed by atoms with Crippen LogP contribution in [-0.4, -0.2) is 18.5 Å². The molecule has 3 aromatic rings. The first kappa shape index (κ1) is 15.7. The van der Waals surface area contributed by atoms with Crippen molar-refractivity contribution in [2.24, 2.45) is 4.99 Å². The summed E-state index contributed by atoms with van der Waals surface area (Å²) in [5.74, 6) is 1.50. The van der Waals surface area contributed by atoms with E-state index >= 15 is 0 Å². The van der Waals surface area contributed by atoms with Crippen molar-refractivity contribution in [1.82, 2.24) is 5.16 Å². The van der Waals surface area contributed by atoms with Gasteiger partial charge in [-0.3, -0.25) is 4.99 Å². The monoisotopic (exact) mass is 318 g/mol. The second-order valence-electron chi connectivity index (χ2n) is 5.30. The van der Waals surface area contributed by atoms with E-state index in [4.69, 9.17) is 9.26 Å². The Morgan fingerprint density at radius 2 is 1.83 bits per heavy atom. The van der Waals surface area contributed by atoms with Crippen molar-refractivity contribution in [3.8, 4) is 5.75 Å². The predicted octanol–water partition coefficient (Wildman–Crippen LogP) is 4.61. The van der Waals surface area contributed by atoms with Gasteiger partial charge in [0, 0.05) is 23.9 Å². The summed E-state index contributed by atoms with van der Waals surface area (Å²) in [5.41, 5.74) is 3.65. The van der Waals surface area contributed by atoms with E-state index in [1.807, 2.05) is 79.9 Å². The number of aromatic nitrogens is 1. The third kappa shape index (κ3) is 3.98. The van der Waals surface area contributed by atoms with E-state index in [9.17, 15) is 0 Å². The van der Waals surface area contributed by atoms with E-state index in [1.54, 1.807) is 7.11 Å².